The van der Waals surface area contributed by atoms with Gasteiger partial charge in [0.05, 0.1) is 12.3 Å². The second kappa shape index (κ2) is 5.68. The van der Waals surface area contributed by atoms with Crippen LogP contribution in [0.25, 0.3) is 0 Å². The van der Waals surface area contributed by atoms with Crippen LogP contribution in [0.1, 0.15) is 38.5 Å². The van der Waals surface area contributed by atoms with Crippen molar-refractivity contribution < 1.29 is 4.74 Å². The van der Waals surface area contributed by atoms with Crippen LogP contribution in [-0.2, 0) is 0 Å². The molecule has 19 heavy (non-hydrogen) atoms. The summed E-state index contributed by atoms with van der Waals surface area (Å²) in [5.74, 6) is 3.10. The highest BCUT2D eigenvalue weighted by atomic mass is 16.5. The second-order valence-corrected chi connectivity index (χ2v) is 5.86. The van der Waals surface area contributed by atoms with Gasteiger partial charge < -0.3 is 15.8 Å². The molecular weight excluding hydrogens is 238 g/mol. The van der Waals surface area contributed by atoms with Crippen molar-refractivity contribution in [3.8, 4) is 5.88 Å². The molecule has 2 saturated carbocycles. The summed E-state index contributed by atoms with van der Waals surface area (Å²) < 4.78 is 5.69. The standard InChI is InChI=1S/C15H23N3O/c16-13-6-7-14(17-9-8-11-2-1-3-11)18-15(13)19-10-12-4-5-12/h6-7,11-12H,1-5,8-10,16H2,(H,17,18). The van der Waals surface area contributed by atoms with Crippen LogP contribution < -0.4 is 15.8 Å². The molecule has 0 saturated heterocycles. The quantitative estimate of drug-likeness (QED) is 0.792. The molecule has 4 nitrogen and oxygen atoms in total. The number of nitrogens with two attached hydrogens (primary N) is 1. The van der Waals surface area contributed by atoms with Crippen molar-refractivity contribution >= 4 is 11.5 Å². The minimum absolute atomic E-state index is 0.584. The first-order valence-corrected chi connectivity index (χ1v) is 7.44. The average molecular weight is 261 g/mol. The van der Waals surface area contributed by atoms with Crippen molar-refractivity contribution in [1.82, 2.24) is 4.98 Å². The van der Waals surface area contributed by atoms with Crippen molar-refractivity contribution in [3.63, 3.8) is 0 Å². The molecule has 0 amide bonds. The maximum Gasteiger partial charge on any atom is 0.239 e. The fraction of sp³-hybridized carbons (Fsp3) is 0.667. The van der Waals surface area contributed by atoms with Crippen molar-refractivity contribution in [2.24, 2.45) is 11.8 Å². The number of aromatic nitrogens is 1. The molecular formula is C15H23N3O. The lowest BCUT2D eigenvalue weighted by Crippen LogP contribution is -2.16. The molecule has 0 aromatic carbocycles. The first-order chi connectivity index (χ1) is 9.31. The van der Waals surface area contributed by atoms with E-state index in [0.29, 0.717) is 11.6 Å². The van der Waals surface area contributed by atoms with Gasteiger partial charge in [0.15, 0.2) is 0 Å². The van der Waals surface area contributed by atoms with Gasteiger partial charge in [-0.3, -0.25) is 0 Å². The Labute approximate surface area is 114 Å². The van der Waals surface area contributed by atoms with Crippen molar-refractivity contribution in [2.75, 3.05) is 24.2 Å². The van der Waals surface area contributed by atoms with Crippen molar-refractivity contribution in [2.45, 2.75) is 38.5 Å². The predicted molar refractivity (Wildman–Crippen MR) is 77.3 cm³/mol. The van der Waals surface area contributed by atoms with Gasteiger partial charge in [-0.1, -0.05) is 19.3 Å². The van der Waals surface area contributed by atoms with Gasteiger partial charge in [0.1, 0.15) is 5.82 Å². The summed E-state index contributed by atoms with van der Waals surface area (Å²) in [4.78, 5) is 4.45. The summed E-state index contributed by atoms with van der Waals surface area (Å²) >= 11 is 0. The highest BCUT2D eigenvalue weighted by molar-refractivity contribution is 5.53. The van der Waals surface area contributed by atoms with E-state index in [2.05, 4.69) is 10.3 Å². The molecule has 3 rings (SSSR count). The zero-order valence-corrected chi connectivity index (χ0v) is 11.4. The summed E-state index contributed by atoms with van der Waals surface area (Å²) in [6.45, 7) is 1.74. The molecule has 1 heterocycles. The summed E-state index contributed by atoms with van der Waals surface area (Å²) in [5.41, 5.74) is 6.52. The van der Waals surface area contributed by atoms with Crippen LogP contribution in [0.4, 0.5) is 11.5 Å². The van der Waals surface area contributed by atoms with Crippen LogP contribution in [0, 0.1) is 11.8 Å². The number of nitrogens with zero attached hydrogens (tertiary/aromatic N) is 1. The van der Waals surface area contributed by atoms with Crippen LogP contribution in [0.3, 0.4) is 0 Å². The highest BCUT2D eigenvalue weighted by Crippen LogP contribution is 2.31. The van der Waals surface area contributed by atoms with Crippen LogP contribution >= 0.6 is 0 Å². The third-order valence-corrected chi connectivity index (χ3v) is 4.13. The van der Waals surface area contributed by atoms with E-state index < -0.39 is 0 Å². The van der Waals surface area contributed by atoms with E-state index >= 15 is 0 Å². The Balaban J connectivity index is 1.49. The summed E-state index contributed by atoms with van der Waals surface area (Å²) in [6, 6.07) is 3.81. The number of pyridine rings is 1. The smallest absolute Gasteiger partial charge is 0.239 e. The van der Waals surface area contributed by atoms with Crippen molar-refractivity contribution in [1.29, 1.82) is 0 Å². The van der Waals surface area contributed by atoms with Gasteiger partial charge in [-0.15, -0.1) is 0 Å². The average Bonchev–Trinajstić information content (AvgIpc) is 3.16. The molecule has 2 aliphatic rings. The normalized spacial score (nSPS) is 18.9. The highest BCUT2D eigenvalue weighted by Gasteiger charge is 2.22. The predicted octanol–water partition coefficient (Wildman–Crippen LogP) is 3.05. The lowest BCUT2D eigenvalue weighted by molar-refractivity contribution is 0.290. The number of anilines is 2. The molecule has 104 valence electrons. The maximum absolute atomic E-state index is 5.89. The Bertz CT molecular complexity index is 427. The molecule has 0 bridgehead atoms. The Morgan fingerprint density at radius 2 is 2.05 bits per heavy atom. The third-order valence-electron chi connectivity index (χ3n) is 4.13. The topological polar surface area (TPSA) is 60.2 Å². The Morgan fingerprint density at radius 3 is 2.74 bits per heavy atom. The van der Waals surface area contributed by atoms with Crippen LogP contribution in [0.5, 0.6) is 5.88 Å². The fourth-order valence-corrected chi connectivity index (χ4v) is 2.33. The first-order valence-electron chi connectivity index (χ1n) is 7.44. The number of ether oxygens (including phenoxy) is 1. The summed E-state index contributed by atoms with van der Waals surface area (Å²) in [7, 11) is 0. The van der Waals surface area contributed by atoms with Gasteiger partial charge >= 0.3 is 0 Å². The van der Waals surface area contributed by atoms with E-state index in [1.54, 1.807) is 0 Å². The molecule has 2 aliphatic carbocycles. The van der Waals surface area contributed by atoms with E-state index in [1.807, 2.05) is 12.1 Å². The maximum atomic E-state index is 5.89. The van der Waals surface area contributed by atoms with Gasteiger partial charge in [-0.05, 0) is 43.2 Å². The van der Waals surface area contributed by atoms with Crippen LogP contribution in [-0.4, -0.2) is 18.1 Å². The second-order valence-electron chi connectivity index (χ2n) is 5.86. The number of nitrogens with one attached hydrogen (secondary N) is 1. The molecule has 1 aromatic rings. The number of nitrogen functional groups attached to an aromatic ring is 1. The van der Waals surface area contributed by atoms with Crippen LogP contribution in [0.15, 0.2) is 12.1 Å². The number of hydrogen-bond donors (Lipinski definition) is 2. The Hall–Kier alpha value is -1.45. The monoisotopic (exact) mass is 261 g/mol. The van der Waals surface area contributed by atoms with E-state index in [-0.39, 0.29) is 0 Å². The summed E-state index contributed by atoms with van der Waals surface area (Å²) in [5, 5.41) is 3.37. The Morgan fingerprint density at radius 1 is 1.21 bits per heavy atom. The van der Waals surface area contributed by atoms with E-state index in [4.69, 9.17) is 10.5 Å². The lowest BCUT2D eigenvalue weighted by Gasteiger charge is -2.25. The third kappa shape index (κ3) is 3.52. The molecule has 2 fully saturated rings. The van der Waals surface area contributed by atoms with Crippen LogP contribution in [0.2, 0.25) is 0 Å². The number of hydrogen-bond acceptors (Lipinski definition) is 4. The zero-order chi connectivity index (χ0) is 13.1. The lowest BCUT2D eigenvalue weighted by atomic mass is 9.83. The minimum atomic E-state index is 0.584. The molecule has 1 aromatic heterocycles. The van der Waals surface area contributed by atoms with E-state index in [1.165, 1.54) is 38.5 Å². The molecule has 3 N–H and O–H groups in total. The molecule has 0 unspecified atom stereocenters. The summed E-state index contributed by atoms with van der Waals surface area (Å²) in [6.07, 6.45) is 7.99. The zero-order valence-electron chi connectivity index (χ0n) is 11.4. The first kappa shape index (κ1) is 12.6. The SMILES string of the molecule is Nc1ccc(NCCC2CCC2)nc1OCC1CC1. The largest absolute Gasteiger partial charge is 0.476 e. The number of rotatable bonds is 7. The fourth-order valence-electron chi connectivity index (χ4n) is 2.33. The van der Waals surface area contributed by atoms with Gasteiger partial charge in [0, 0.05) is 6.54 Å². The minimum Gasteiger partial charge on any atom is -0.476 e. The van der Waals surface area contributed by atoms with Gasteiger partial charge in [0.25, 0.3) is 0 Å². The molecule has 4 heteroatoms. The molecule has 0 aliphatic heterocycles. The van der Waals surface area contributed by atoms with E-state index in [9.17, 15) is 0 Å². The van der Waals surface area contributed by atoms with Crippen molar-refractivity contribution in [3.05, 3.63) is 12.1 Å². The van der Waals surface area contributed by atoms with Gasteiger partial charge in [0.2, 0.25) is 5.88 Å². The molecule has 0 spiro atoms. The van der Waals surface area contributed by atoms with E-state index in [0.717, 1.165) is 30.8 Å². The van der Waals surface area contributed by atoms with Gasteiger partial charge in [-0.25, -0.2) is 0 Å². The van der Waals surface area contributed by atoms with Gasteiger partial charge in [-0.2, -0.15) is 4.98 Å². The molecule has 0 atom stereocenters. The molecule has 0 radical (unpaired) electrons. The Kier molecular flexibility index (Phi) is 3.76.